The number of para-hydroxylation sites is 1. The molecule has 5 nitrogen and oxygen atoms in total. The molecule has 0 saturated heterocycles. The predicted octanol–water partition coefficient (Wildman–Crippen LogP) is 6.94. The maximum absolute atomic E-state index is 5.62. The number of benzene rings is 3. The highest BCUT2D eigenvalue weighted by Crippen LogP contribution is 2.38. The van der Waals surface area contributed by atoms with Crippen LogP contribution in [0.3, 0.4) is 0 Å². The molecule has 176 valence electrons. The van der Waals surface area contributed by atoms with Gasteiger partial charge in [-0.2, -0.15) is 0 Å². The van der Waals surface area contributed by atoms with E-state index in [-0.39, 0.29) is 6.79 Å². The zero-order chi connectivity index (χ0) is 23.9. The van der Waals surface area contributed by atoms with Crippen LogP contribution in [0.2, 0.25) is 0 Å². The number of thioether (sulfide) groups is 1. The van der Waals surface area contributed by atoms with E-state index in [1.165, 1.54) is 27.6 Å². The number of amidine groups is 1. The van der Waals surface area contributed by atoms with Crippen LogP contribution in [0.1, 0.15) is 34.7 Å². The number of aliphatic imine (C=N–C) groups is 1. The molecule has 1 aromatic heterocycles. The zero-order valence-corrected chi connectivity index (χ0v) is 21.0. The maximum Gasteiger partial charge on any atom is 0.231 e. The molecule has 0 fully saturated rings. The quantitative estimate of drug-likeness (QED) is 0.316. The lowest BCUT2D eigenvalue weighted by atomic mass is 10.1. The summed E-state index contributed by atoms with van der Waals surface area (Å²) in [6, 6.07) is 21.3. The monoisotopic (exact) mass is 481 g/mol. The van der Waals surface area contributed by atoms with E-state index in [2.05, 4.69) is 80.3 Å². The number of rotatable bonds is 4. The summed E-state index contributed by atoms with van der Waals surface area (Å²) in [4.78, 5) is 12.6. The van der Waals surface area contributed by atoms with E-state index in [1.807, 2.05) is 6.07 Å². The van der Waals surface area contributed by atoms with Gasteiger partial charge in [0.25, 0.3) is 0 Å². The first-order chi connectivity index (χ1) is 17.1. The Morgan fingerprint density at radius 3 is 2.74 bits per heavy atom. The zero-order valence-electron chi connectivity index (χ0n) is 20.2. The number of nitrogens with zero attached hydrogens (tertiary/aromatic N) is 3. The third-order valence-corrected chi connectivity index (χ3v) is 7.59. The van der Waals surface area contributed by atoms with E-state index >= 15 is 0 Å². The van der Waals surface area contributed by atoms with Crippen molar-refractivity contribution in [3.05, 3.63) is 88.5 Å². The highest BCUT2D eigenvalue weighted by molar-refractivity contribution is 8.13. The van der Waals surface area contributed by atoms with Crippen molar-refractivity contribution in [2.45, 2.75) is 45.3 Å². The molecule has 0 bridgehead atoms. The van der Waals surface area contributed by atoms with Gasteiger partial charge in [-0.15, -0.1) is 0 Å². The van der Waals surface area contributed by atoms with E-state index in [0.29, 0.717) is 0 Å². The Morgan fingerprint density at radius 1 is 1.00 bits per heavy atom. The van der Waals surface area contributed by atoms with Crippen LogP contribution >= 0.6 is 11.8 Å². The molecule has 0 saturated carbocycles. The van der Waals surface area contributed by atoms with Crippen LogP contribution in [0.5, 0.6) is 11.5 Å². The van der Waals surface area contributed by atoms with Gasteiger partial charge in [-0.05, 0) is 79.1 Å². The molecule has 0 unspecified atom stereocenters. The summed E-state index contributed by atoms with van der Waals surface area (Å²) in [5.74, 6) is 1.61. The van der Waals surface area contributed by atoms with Crippen molar-refractivity contribution in [1.29, 1.82) is 0 Å². The third-order valence-electron chi connectivity index (χ3n) is 6.51. The Kier molecular flexibility index (Phi) is 5.61. The minimum Gasteiger partial charge on any atom is -0.454 e. The number of pyridine rings is 1. The molecule has 0 amide bonds. The van der Waals surface area contributed by atoms with Crippen molar-refractivity contribution in [1.82, 2.24) is 9.88 Å². The topological polar surface area (TPSA) is 47.0 Å². The van der Waals surface area contributed by atoms with Crippen LogP contribution in [0.4, 0.5) is 5.69 Å². The second kappa shape index (κ2) is 8.93. The lowest BCUT2D eigenvalue weighted by Gasteiger charge is -2.31. The van der Waals surface area contributed by atoms with Gasteiger partial charge in [-0.25, -0.2) is 9.98 Å². The van der Waals surface area contributed by atoms with Crippen molar-refractivity contribution in [3.63, 3.8) is 0 Å². The van der Waals surface area contributed by atoms with Crippen LogP contribution in [0.15, 0.2) is 70.7 Å². The highest BCUT2D eigenvalue weighted by Gasteiger charge is 2.26. The molecule has 2 aliphatic rings. The summed E-state index contributed by atoms with van der Waals surface area (Å²) < 4.78 is 11.1. The molecule has 0 atom stereocenters. The SMILES string of the molecule is CCc1ccccc1N=C1Sc2nc3c(C)cc(C)cc3cc2CN1Cc1ccc2c(c1)OCO2. The minimum absolute atomic E-state index is 0.282. The molecular weight excluding hydrogens is 454 g/mol. The first-order valence-corrected chi connectivity index (χ1v) is 12.8. The summed E-state index contributed by atoms with van der Waals surface area (Å²) in [5.41, 5.74) is 8.19. The number of aromatic nitrogens is 1. The van der Waals surface area contributed by atoms with Crippen LogP contribution in [-0.2, 0) is 19.5 Å². The van der Waals surface area contributed by atoms with Crippen LogP contribution < -0.4 is 9.47 Å². The van der Waals surface area contributed by atoms with Gasteiger partial charge in [-0.3, -0.25) is 0 Å². The Balaban J connectivity index is 1.43. The van der Waals surface area contributed by atoms with Crippen molar-refractivity contribution >= 4 is 33.5 Å². The molecule has 0 radical (unpaired) electrons. The van der Waals surface area contributed by atoms with Crippen molar-refractivity contribution in [2.24, 2.45) is 4.99 Å². The number of fused-ring (bicyclic) bond motifs is 3. The number of hydrogen-bond donors (Lipinski definition) is 0. The molecule has 6 rings (SSSR count). The number of ether oxygens (including phenoxy) is 2. The second-order valence-electron chi connectivity index (χ2n) is 9.13. The fourth-order valence-corrected chi connectivity index (χ4v) is 5.77. The summed E-state index contributed by atoms with van der Waals surface area (Å²) in [7, 11) is 0. The smallest absolute Gasteiger partial charge is 0.231 e. The van der Waals surface area contributed by atoms with E-state index < -0.39 is 0 Å². The molecule has 6 heteroatoms. The molecule has 2 aliphatic heterocycles. The Morgan fingerprint density at radius 2 is 1.86 bits per heavy atom. The van der Waals surface area contributed by atoms with Crippen LogP contribution in [-0.4, -0.2) is 21.8 Å². The van der Waals surface area contributed by atoms with Crippen LogP contribution in [0, 0.1) is 13.8 Å². The molecule has 0 spiro atoms. The molecule has 0 aliphatic carbocycles. The Bertz CT molecular complexity index is 1480. The average molecular weight is 482 g/mol. The van der Waals surface area contributed by atoms with Gasteiger partial charge < -0.3 is 14.4 Å². The van der Waals surface area contributed by atoms with Gasteiger partial charge in [0.05, 0.1) is 11.2 Å². The Hall–Kier alpha value is -3.51. The summed E-state index contributed by atoms with van der Waals surface area (Å²) in [6.45, 7) is 8.21. The fourth-order valence-electron chi connectivity index (χ4n) is 4.80. The normalized spacial score (nSPS) is 15.6. The summed E-state index contributed by atoms with van der Waals surface area (Å²) >= 11 is 1.66. The molecule has 3 heterocycles. The minimum atomic E-state index is 0.282. The lowest BCUT2D eigenvalue weighted by molar-refractivity contribution is 0.174. The summed E-state index contributed by atoms with van der Waals surface area (Å²) in [6.07, 6.45) is 0.942. The fraction of sp³-hybridized carbons (Fsp3) is 0.241. The van der Waals surface area contributed by atoms with E-state index in [1.54, 1.807) is 11.8 Å². The maximum atomic E-state index is 5.62. The van der Waals surface area contributed by atoms with E-state index in [0.717, 1.165) is 58.0 Å². The lowest BCUT2D eigenvalue weighted by Crippen LogP contribution is -2.31. The van der Waals surface area contributed by atoms with Crippen molar-refractivity contribution in [2.75, 3.05) is 6.79 Å². The third kappa shape index (κ3) is 4.23. The standard InChI is InChI=1S/C29H27N3O2S/c1-4-21-7-5-6-8-24(21)30-29-32(15-20-9-10-25-26(13-20)34-17-33-25)16-23-14-22-12-18(2)11-19(3)27(22)31-28(23)35-29/h5-14H,4,15-17H2,1-3H3. The van der Waals surface area contributed by atoms with E-state index in [9.17, 15) is 0 Å². The van der Waals surface area contributed by atoms with E-state index in [4.69, 9.17) is 19.5 Å². The molecular formula is C29H27N3O2S. The predicted molar refractivity (Wildman–Crippen MR) is 142 cm³/mol. The van der Waals surface area contributed by atoms with Crippen molar-refractivity contribution in [3.8, 4) is 11.5 Å². The number of hydrogen-bond acceptors (Lipinski definition) is 5. The first-order valence-electron chi connectivity index (χ1n) is 12.0. The van der Waals surface area contributed by atoms with Gasteiger partial charge in [-0.1, -0.05) is 42.8 Å². The van der Waals surface area contributed by atoms with Crippen molar-refractivity contribution < 1.29 is 9.47 Å². The Labute approximate surface area is 209 Å². The van der Waals surface area contributed by atoms with Gasteiger partial charge in [0.2, 0.25) is 6.79 Å². The van der Waals surface area contributed by atoms with Gasteiger partial charge in [0, 0.05) is 24.0 Å². The van der Waals surface area contributed by atoms with Gasteiger partial charge in [0.1, 0.15) is 5.03 Å². The number of aryl methyl sites for hydroxylation is 3. The molecule has 3 aromatic carbocycles. The largest absolute Gasteiger partial charge is 0.454 e. The van der Waals surface area contributed by atoms with Gasteiger partial charge >= 0.3 is 0 Å². The molecule has 0 N–H and O–H groups in total. The first kappa shape index (κ1) is 22.0. The summed E-state index contributed by atoms with van der Waals surface area (Å²) in [5, 5.41) is 3.20. The highest BCUT2D eigenvalue weighted by atomic mass is 32.2. The molecule has 4 aromatic rings. The average Bonchev–Trinajstić information content (AvgIpc) is 3.32. The van der Waals surface area contributed by atoms with Gasteiger partial charge in [0.15, 0.2) is 16.7 Å². The second-order valence-corrected chi connectivity index (χ2v) is 10.1. The molecule has 35 heavy (non-hydrogen) atoms. The van der Waals surface area contributed by atoms with Crippen LogP contribution in [0.25, 0.3) is 10.9 Å².